The van der Waals surface area contributed by atoms with Gasteiger partial charge in [0.2, 0.25) is 0 Å². The van der Waals surface area contributed by atoms with Crippen LogP contribution in [0.25, 0.3) is 0 Å². The zero-order chi connectivity index (χ0) is 15.4. The van der Waals surface area contributed by atoms with E-state index in [1.807, 2.05) is 32.0 Å². The lowest BCUT2D eigenvalue weighted by Crippen LogP contribution is -2.19. The third-order valence-electron chi connectivity index (χ3n) is 3.67. The van der Waals surface area contributed by atoms with E-state index in [0.29, 0.717) is 6.54 Å². The number of benzene rings is 1. The van der Waals surface area contributed by atoms with E-state index in [1.165, 1.54) is 0 Å². The first-order valence-electron chi connectivity index (χ1n) is 6.93. The monoisotopic (exact) mass is 290 g/mol. The summed E-state index contributed by atoms with van der Waals surface area (Å²) in [6, 6.07) is 5.92. The fraction of sp³-hybridized carbons (Fsp3) is 0.438. The van der Waals surface area contributed by atoms with Gasteiger partial charge < -0.3 is 19.3 Å². The van der Waals surface area contributed by atoms with Crippen molar-refractivity contribution in [3.8, 4) is 11.5 Å². The van der Waals surface area contributed by atoms with E-state index in [4.69, 9.17) is 14.0 Å². The van der Waals surface area contributed by atoms with Gasteiger partial charge in [-0.1, -0.05) is 5.16 Å². The minimum atomic E-state index is 0.115. The Bertz CT molecular complexity index is 588. The van der Waals surface area contributed by atoms with Crippen molar-refractivity contribution in [1.82, 2.24) is 10.5 Å². The summed E-state index contributed by atoms with van der Waals surface area (Å²) < 4.78 is 15.9. The molecule has 0 amide bonds. The molecule has 1 atom stereocenters. The first kappa shape index (κ1) is 15.4. The van der Waals surface area contributed by atoms with E-state index >= 15 is 0 Å². The SMILES string of the molecule is COc1ccc(OC)c(C(C)NCc2c(C)noc2C)c1. The molecule has 0 aliphatic heterocycles. The number of rotatable bonds is 6. The molecule has 0 radical (unpaired) electrons. The van der Waals surface area contributed by atoms with Crippen LogP contribution in [-0.2, 0) is 6.54 Å². The second kappa shape index (κ2) is 6.63. The van der Waals surface area contributed by atoms with Crippen LogP contribution in [0, 0.1) is 13.8 Å². The van der Waals surface area contributed by atoms with Crippen LogP contribution >= 0.6 is 0 Å². The highest BCUT2D eigenvalue weighted by Gasteiger charge is 2.15. The number of aryl methyl sites for hydroxylation is 2. The molecular formula is C16H22N2O3. The third kappa shape index (κ3) is 3.36. The largest absolute Gasteiger partial charge is 0.497 e. The quantitative estimate of drug-likeness (QED) is 0.885. The van der Waals surface area contributed by atoms with Crippen LogP contribution in [0.1, 0.15) is 35.5 Å². The van der Waals surface area contributed by atoms with E-state index in [-0.39, 0.29) is 6.04 Å². The van der Waals surface area contributed by atoms with Crippen LogP contribution in [0.3, 0.4) is 0 Å². The lowest BCUT2D eigenvalue weighted by atomic mass is 10.1. The summed E-state index contributed by atoms with van der Waals surface area (Å²) in [5.41, 5.74) is 3.08. The first-order chi connectivity index (χ1) is 10.1. The van der Waals surface area contributed by atoms with E-state index in [1.54, 1.807) is 14.2 Å². The van der Waals surface area contributed by atoms with Gasteiger partial charge in [0.25, 0.3) is 0 Å². The maximum Gasteiger partial charge on any atom is 0.138 e. The van der Waals surface area contributed by atoms with Crippen molar-refractivity contribution in [1.29, 1.82) is 0 Å². The standard InChI is InChI=1S/C16H22N2O3/c1-10(17-9-15-11(2)18-21-12(15)3)14-8-13(19-4)6-7-16(14)20-5/h6-8,10,17H,9H2,1-5H3. The van der Waals surface area contributed by atoms with Gasteiger partial charge in [-0.3, -0.25) is 0 Å². The second-order valence-corrected chi connectivity index (χ2v) is 5.01. The highest BCUT2D eigenvalue weighted by Crippen LogP contribution is 2.29. The minimum Gasteiger partial charge on any atom is -0.497 e. The summed E-state index contributed by atoms with van der Waals surface area (Å²) in [5, 5.41) is 7.44. The molecule has 5 heteroatoms. The van der Waals surface area contributed by atoms with Crippen LogP contribution in [0.15, 0.2) is 22.7 Å². The van der Waals surface area contributed by atoms with Gasteiger partial charge in [0, 0.05) is 23.7 Å². The van der Waals surface area contributed by atoms with Crippen molar-refractivity contribution in [2.45, 2.75) is 33.4 Å². The predicted octanol–water partition coefficient (Wildman–Crippen LogP) is 3.16. The average molecular weight is 290 g/mol. The average Bonchev–Trinajstić information content (AvgIpc) is 2.82. The molecule has 0 fully saturated rings. The highest BCUT2D eigenvalue weighted by atomic mass is 16.5. The second-order valence-electron chi connectivity index (χ2n) is 5.01. The van der Waals surface area contributed by atoms with Crippen molar-refractivity contribution < 1.29 is 14.0 Å². The maximum absolute atomic E-state index is 5.42. The number of methoxy groups -OCH3 is 2. The van der Waals surface area contributed by atoms with Gasteiger partial charge >= 0.3 is 0 Å². The fourth-order valence-electron chi connectivity index (χ4n) is 2.30. The zero-order valence-corrected chi connectivity index (χ0v) is 13.2. The van der Waals surface area contributed by atoms with Crippen LogP contribution in [-0.4, -0.2) is 19.4 Å². The van der Waals surface area contributed by atoms with Crippen molar-refractivity contribution in [3.63, 3.8) is 0 Å². The number of hydrogen-bond acceptors (Lipinski definition) is 5. The smallest absolute Gasteiger partial charge is 0.138 e. The Kier molecular flexibility index (Phi) is 4.85. The number of ether oxygens (including phenoxy) is 2. The highest BCUT2D eigenvalue weighted by molar-refractivity contribution is 5.42. The molecule has 0 aliphatic carbocycles. The maximum atomic E-state index is 5.42. The van der Waals surface area contributed by atoms with Crippen molar-refractivity contribution in [2.24, 2.45) is 0 Å². The number of hydrogen-bond donors (Lipinski definition) is 1. The Morgan fingerprint density at radius 3 is 2.57 bits per heavy atom. The van der Waals surface area contributed by atoms with Crippen LogP contribution in [0.5, 0.6) is 11.5 Å². The molecule has 114 valence electrons. The molecule has 0 saturated heterocycles. The molecule has 0 aliphatic rings. The topological polar surface area (TPSA) is 56.5 Å². The van der Waals surface area contributed by atoms with Gasteiger partial charge in [0.1, 0.15) is 17.3 Å². The van der Waals surface area contributed by atoms with E-state index in [9.17, 15) is 0 Å². The molecule has 1 aromatic heterocycles. The van der Waals surface area contributed by atoms with Crippen molar-refractivity contribution in [3.05, 3.63) is 40.8 Å². The summed E-state index contributed by atoms with van der Waals surface area (Å²) in [5.74, 6) is 2.51. The van der Waals surface area contributed by atoms with E-state index < -0.39 is 0 Å². The first-order valence-corrected chi connectivity index (χ1v) is 6.93. The summed E-state index contributed by atoms with van der Waals surface area (Å²) in [7, 11) is 3.33. The van der Waals surface area contributed by atoms with Gasteiger partial charge in [-0.15, -0.1) is 0 Å². The van der Waals surface area contributed by atoms with Crippen molar-refractivity contribution >= 4 is 0 Å². The zero-order valence-electron chi connectivity index (χ0n) is 13.2. The van der Waals surface area contributed by atoms with Gasteiger partial charge in [0.05, 0.1) is 19.9 Å². The molecule has 1 N–H and O–H groups in total. The summed E-state index contributed by atoms with van der Waals surface area (Å²) in [4.78, 5) is 0. The number of aromatic nitrogens is 1. The predicted molar refractivity (Wildman–Crippen MR) is 80.8 cm³/mol. The van der Waals surface area contributed by atoms with Crippen LogP contribution < -0.4 is 14.8 Å². The number of nitrogens with one attached hydrogen (secondary N) is 1. The van der Waals surface area contributed by atoms with Gasteiger partial charge in [-0.05, 0) is 39.0 Å². The molecule has 1 heterocycles. The summed E-state index contributed by atoms with van der Waals surface area (Å²) in [6.45, 7) is 6.66. The molecule has 21 heavy (non-hydrogen) atoms. The molecule has 0 saturated carbocycles. The van der Waals surface area contributed by atoms with E-state index in [2.05, 4.69) is 17.4 Å². The lowest BCUT2D eigenvalue weighted by molar-refractivity contribution is 0.388. The summed E-state index contributed by atoms with van der Waals surface area (Å²) >= 11 is 0. The Morgan fingerprint density at radius 1 is 1.24 bits per heavy atom. The van der Waals surface area contributed by atoms with Gasteiger partial charge in [-0.25, -0.2) is 0 Å². The summed E-state index contributed by atoms with van der Waals surface area (Å²) in [6.07, 6.45) is 0. The van der Waals surface area contributed by atoms with Crippen molar-refractivity contribution in [2.75, 3.05) is 14.2 Å². The normalized spacial score (nSPS) is 12.2. The minimum absolute atomic E-state index is 0.115. The molecule has 1 aromatic carbocycles. The number of nitrogens with zero attached hydrogens (tertiary/aromatic N) is 1. The van der Waals surface area contributed by atoms with Crippen LogP contribution in [0.2, 0.25) is 0 Å². The lowest BCUT2D eigenvalue weighted by Gasteiger charge is -2.18. The molecule has 0 spiro atoms. The van der Waals surface area contributed by atoms with Gasteiger partial charge in [0.15, 0.2) is 0 Å². The Labute approximate surface area is 125 Å². The Morgan fingerprint density at radius 2 is 2.00 bits per heavy atom. The van der Waals surface area contributed by atoms with Crippen LogP contribution in [0.4, 0.5) is 0 Å². The molecule has 5 nitrogen and oxygen atoms in total. The molecule has 1 unspecified atom stereocenters. The van der Waals surface area contributed by atoms with E-state index in [0.717, 1.165) is 34.1 Å². The molecular weight excluding hydrogens is 268 g/mol. The van der Waals surface area contributed by atoms with Gasteiger partial charge in [-0.2, -0.15) is 0 Å². The third-order valence-corrected chi connectivity index (χ3v) is 3.67. The fourth-order valence-corrected chi connectivity index (χ4v) is 2.30. The molecule has 2 aromatic rings. The Balaban J connectivity index is 2.14. The molecule has 0 bridgehead atoms. The Hall–Kier alpha value is -2.01. The molecule has 2 rings (SSSR count).